The number of rotatable bonds is 4. The molecule has 0 aliphatic rings. The molecule has 0 radical (unpaired) electrons. The summed E-state index contributed by atoms with van der Waals surface area (Å²) in [6.45, 7) is 0. The maximum atomic E-state index is 5.53. The molecule has 1 unspecified atom stereocenters. The van der Waals surface area contributed by atoms with E-state index >= 15 is 0 Å². The number of para-hydroxylation sites is 1. The molecule has 0 bridgehead atoms. The van der Waals surface area contributed by atoms with Gasteiger partial charge in [0.1, 0.15) is 5.58 Å². The minimum absolute atomic E-state index is 0.364. The van der Waals surface area contributed by atoms with Gasteiger partial charge < -0.3 is 9.73 Å². The molecular weight excluding hydrogens is 206 g/mol. The lowest BCUT2D eigenvalue weighted by Gasteiger charge is -2.12. The van der Waals surface area contributed by atoms with Crippen molar-refractivity contribution < 1.29 is 4.42 Å². The average molecular weight is 221 g/mol. The topological polar surface area (TPSA) is 25.2 Å². The normalized spacial score (nSPS) is 13.2. The van der Waals surface area contributed by atoms with Crippen molar-refractivity contribution >= 4 is 22.7 Å². The Bertz CT molecular complexity index is 438. The Labute approximate surface area is 94.0 Å². The average Bonchev–Trinajstić information content (AvgIpc) is 2.70. The summed E-state index contributed by atoms with van der Waals surface area (Å²) < 4.78 is 5.53. The predicted octanol–water partition coefficient (Wildman–Crippen LogP) is 3.06. The van der Waals surface area contributed by atoms with Crippen molar-refractivity contribution in [3.8, 4) is 0 Å². The van der Waals surface area contributed by atoms with Gasteiger partial charge in [0.2, 0.25) is 0 Å². The zero-order valence-electron chi connectivity index (χ0n) is 8.99. The monoisotopic (exact) mass is 221 g/mol. The maximum Gasteiger partial charge on any atom is 0.134 e. The standard InChI is InChI=1S/C12H15NOS/c1-13-11(8-15-2)10-7-14-12-6-4-3-5-9(10)12/h3-7,11,13H,8H2,1-2H3. The number of fused-ring (bicyclic) bond motifs is 1. The highest BCUT2D eigenvalue weighted by atomic mass is 32.2. The molecule has 0 amide bonds. The molecule has 0 fully saturated rings. The first kappa shape index (κ1) is 10.6. The van der Waals surface area contributed by atoms with Gasteiger partial charge in [0.25, 0.3) is 0 Å². The molecule has 0 aliphatic heterocycles. The van der Waals surface area contributed by atoms with E-state index in [1.807, 2.05) is 43.3 Å². The van der Waals surface area contributed by atoms with Crippen LogP contribution in [-0.2, 0) is 0 Å². The predicted molar refractivity (Wildman–Crippen MR) is 66.4 cm³/mol. The van der Waals surface area contributed by atoms with Gasteiger partial charge in [-0.2, -0.15) is 11.8 Å². The number of thioether (sulfide) groups is 1. The lowest BCUT2D eigenvalue weighted by atomic mass is 10.1. The second-order valence-corrected chi connectivity index (χ2v) is 4.39. The molecule has 0 saturated carbocycles. The summed E-state index contributed by atoms with van der Waals surface area (Å²) in [5.74, 6) is 1.06. The molecule has 0 saturated heterocycles. The van der Waals surface area contributed by atoms with E-state index in [4.69, 9.17) is 4.42 Å². The zero-order valence-corrected chi connectivity index (χ0v) is 9.80. The molecule has 3 heteroatoms. The summed E-state index contributed by atoms with van der Waals surface area (Å²) in [6, 6.07) is 8.53. The molecular formula is C12H15NOS. The first-order valence-electron chi connectivity index (χ1n) is 4.99. The van der Waals surface area contributed by atoms with Crippen LogP contribution >= 0.6 is 11.8 Å². The summed E-state index contributed by atoms with van der Waals surface area (Å²) in [5.41, 5.74) is 2.22. The van der Waals surface area contributed by atoms with Crippen LogP contribution in [0.25, 0.3) is 11.0 Å². The van der Waals surface area contributed by atoms with Gasteiger partial charge in [0, 0.05) is 22.7 Å². The van der Waals surface area contributed by atoms with Gasteiger partial charge in [-0.3, -0.25) is 0 Å². The molecule has 2 nitrogen and oxygen atoms in total. The van der Waals surface area contributed by atoms with Crippen molar-refractivity contribution in [2.75, 3.05) is 19.1 Å². The lowest BCUT2D eigenvalue weighted by molar-refractivity contribution is 0.591. The Balaban J connectivity index is 2.41. The van der Waals surface area contributed by atoms with Gasteiger partial charge in [-0.1, -0.05) is 18.2 Å². The van der Waals surface area contributed by atoms with Crippen LogP contribution in [0.3, 0.4) is 0 Å². The first-order chi connectivity index (χ1) is 7.36. The number of nitrogens with one attached hydrogen (secondary N) is 1. The largest absolute Gasteiger partial charge is 0.464 e. The fourth-order valence-electron chi connectivity index (χ4n) is 1.76. The van der Waals surface area contributed by atoms with Crippen molar-refractivity contribution in [3.05, 3.63) is 36.1 Å². The molecule has 1 N–H and O–H groups in total. The van der Waals surface area contributed by atoms with Gasteiger partial charge >= 0.3 is 0 Å². The molecule has 15 heavy (non-hydrogen) atoms. The lowest BCUT2D eigenvalue weighted by Crippen LogP contribution is -2.18. The maximum absolute atomic E-state index is 5.53. The zero-order chi connectivity index (χ0) is 10.7. The van der Waals surface area contributed by atoms with Gasteiger partial charge in [0.15, 0.2) is 0 Å². The fourth-order valence-corrected chi connectivity index (χ4v) is 2.44. The van der Waals surface area contributed by atoms with Crippen molar-refractivity contribution in [1.29, 1.82) is 0 Å². The molecule has 1 aromatic heterocycles. The molecule has 0 spiro atoms. The van der Waals surface area contributed by atoms with Crippen LogP contribution in [0.5, 0.6) is 0 Å². The molecule has 2 rings (SSSR count). The minimum atomic E-state index is 0.364. The highest BCUT2D eigenvalue weighted by Crippen LogP contribution is 2.27. The summed E-state index contributed by atoms with van der Waals surface area (Å²) in [6.07, 6.45) is 3.98. The fraction of sp³-hybridized carbons (Fsp3) is 0.333. The van der Waals surface area contributed by atoms with Crippen LogP contribution in [-0.4, -0.2) is 19.1 Å². The smallest absolute Gasteiger partial charge is 0.134 e. The van der Waals surface area contributed by atoms with E-state index in [2.05, 4.69) is 17.6 Å². The van der Waals surface area contributed by atoms with Crippen LogP contribution in [0, 0.1) is 0 Å². The second-order valence-electron chi connectivity index (χ2n) is 3.48. The summed E-state index contributed by atoms with van der Waals surface area (Å²) >= 11 is 1.84. The summed E-state index contributed by atoms with van der Waals surface area (Å²) in [4.78, 5) is 0. The van der Waals surface area contributed by atoms with Crippen molar-refractivity contribution in [3.63, 3.8) is 0 Å². The Hall–Kier alpha value is -0.930. The number of hydrogen-bond donors (Lipinski definition) is 1. The number of furan rings is 1. The minimum Gasteiger partial charge on any atom is -0.464 e. The Morgan fingerprint density at radius 2 is 2.20 bits per heavy atom. The van der Waals surface area contributed by atoms with E-state index in [1.54, 1.807) is 0 Å². The van der Waals surface area contributed by atoms with E-state index in [-0.39, 0.29) is 0 Å². The third kappa shape index (κ3) is 2.03. The van der Waals surface area contributed by atoms with Gasteiger partial charge in [-0.25, -0.2) is 0 Å². The van der Waals surface area contributed by atoms with Crippen molar-refractivity contribution in [2.24, 2.45) is 0 Å². The molecule has 80 valence electrons. The third-order valence-corrected chi connectivity index (χ3v) is 3.23. The highest BCUT2D eigenvalue weighted by Gasteiger charge is 2.14. The number of benzene rings is 1. The summed E-state index contributed by atoms with van der Waals surface area (Å²) in [5, 5.41) is 4.53. The molecule has 2 aromatic rings. The Kier molecular flexibility index (Phi) is 3.34. The highest BCUT2D eigenvalue weighted by molar-refractivity contribution is 7.98. The SMILES string of the molecule is CNC(CSC)c1coc2ccccc12. The number of hydrogen-bond acceptors (Lipinski definition) is 3. The third-order valence-electron chi connectivity index (χ3n) is 2.57. The van der Waals surface area contributed by atoms with E-state index in [9.17, 15) is 0 Å². The second kappa shape index (κ2) is 4.73. The van der Waals surface area contributed by atoms with Gasteiger partial charge in [0.05, 0.1) is 6.26 Å². The molecule has 1 atom stereocenters. The van der Waals surface area contributed by atoms with E-state index < -0.39 is 0 Å². The van der Waals surface area contributed by atoms with Gasteiger partial charge in [-0.15, -0.1) is 0 Å². The van der Waals surface area contributed by atoms with E-state index in [0.717, 1.165) is 11.3 Å². The van der Waals surface area contributed by atoms with Crippen LogP contribution in [0.2, 0.25) is 0 Å². The first-order valence-corrected chi connectivity index (χ1v) is 6.38. The van der Waals surface area contributed by atoms with Crippen LogP contribution < -0.4 is 5.32 Å². The van der Waals surface area contributed by atoms with Crippen molar-refractivity contribution in [1.82, 2.24) is 5.32 Å². The Morgan fingerprint density at radius 1 is 1.40 bits per heavy atom. The summed E-state index contributed by atoms with van der Waals surface area (Å²) in [7, 11) is 1.99. The van der Waals surface area contributed by atoms with Gasteiger partial charge in [-0.05, 0) is 19.4 Å². The van der Waals surface area contributed by atoms with Crippen LogP contribution in [0.15, 0.2) is 34.9 Å². The van der Waals surface area contributed by atoms with Crippen LogP contribution in [0.1, 0.15) is 11.6 Å². The molecule has 0 aliphatic carbocycles. The molecule has 1 heterocycles. The van der Waals surface area contributed by atoms with Crippen molar-refractivity contribution in [2.45, 2.75) is 6.04 Å². The van der Waals surface area contributed by atoms with E-state index in [1.165, 1.54) is 10.9 Å². The van der Waals surface area contributed by atoms with E-state index in [0.29, 0.717) is 6.04 Å². The quantitative estimate of drug-likeness (QED) is 0.859. The molecule has 1 aromatic carbocycles. The van der Waals surface area contributed by atoms with Crippen LogP contribution in [0.4, 0.5) is 0 Å². The Morgan fingerprint density at radius 3 is 2.93 bits per heavy atom.